The summed E-state index contributed by atoms with van der Waals surface area (Å²) in [6, 6.07) is 9.02. The van der Waals surface area contributed by atoms with Crippen molar-refractivity contribution in [2.75, 3.05) is 36.4 Å². The molecule has 1 aliphatic heterocycles. The molecule has 0 radical (unpaired) electrons. The fourth-order valence-corrected chi connectivity index (χ4v) is 4.98. The minimum Gasteiger partial charge on any atom is -0.464 e. The van der Waals surface area contributed by atoms with Crippen LogP contribution in [0.15, 0.2) is 47.2 Å². The molecule has 1 N–H and O–H groups in total. The largest absolute Gasteiger partial charge is 0.464 e. The Kier molecular flexibility index (Phi) is 8.53. The van der Waals surface area contributed by atoms with Crippen LogP contribution >= 0.6 is 11.3 Å². The van der Waals surface area contributed by atoms with E-state index in [1.54, 1.807) is 50.3 Å². The topological polar surface area (TPSA) is 114 Å². The molecule has 1 fully saturated rings. The number of carbonyl (C=O) groups is 3. The van der Waals surface area contributed by atoms with Gasteiger partial charge in [-0.2, -0.15) is 0 Å². The summed E-state index contributed by atoms with van der Waals surface area (Å²) in [6.45, 7) is 13.1. The Morgan fingerprint density at radius 3 is 2.33 bits per heavy atom. The van der Waals surface area contributed by atoms with Crippen molar-refractivity contribution >= 4 is 40.1 Å². The number of nitrogens with zero attached hydrogens (tertiary/aromatic N) is 3. The fraction of sp³-hybridized carbons (Fsp3) is 0.448. The monoisotopic (exact) mass is 568 g/mol. The number of hydrogen-bond donors (Lipinski definition) is 1. The molecule has 4 rings (SSSR count). The summed E-state index contributed by atoms with van der Waals surface area (Å²) in [5.41, 5.74) is 0.700. The molecule has 2 aromatic heterocycles. The molecule has 0 unspecified atom stereocenters. The molecule has 1 aliphatic rings. The number of Topliss-reactive ketones (excluding diaryl/α,β-unsaturated/α-hetero) is 1. The molecule has 214 valence electrons. The third kappa shape index (κ3) is 7.84. The lowest BCUT2D eigenvalue weighted by Crippen LogP contribution is -2.50. The summed E-state index contributed by atoms with van der Waals surface area (Å²) in [4.78, 5) is 47.0. The summed E-state index contributed by atoms with van der Waals surface area (Å²) >= 11 is 1.32. The van der Waals surface area contributed by atoms with Crippen LogP contribution in [-0.4, -0.2) is 65.2 Å². The molecule has 11 heteroatoms. The molecule has 1 saturated heterocycles. The zero-order valence-electron chi connectivity index (χ0n) is 23.8. The van der Waals surface area contributed by atoms with Gasteiger partial charge in [0.25, 0.3) is 0 Å². The molecule has 0 aliphatic carbocycles. The number of piperazine rings is 1. The van der Waals surface area contributed by atoms with Crippen LogP contribution in [0.2, 0.25) is 0 Å². The first kappa shape index (κ1) is 29.1. The quantitative estimate of drug-likeness (QED) is 0.348. The number of anilines is 2. The molecule has 3 heterocycles. The van der Waals surface area contributed by atoms with Crippen LogP contribution in [0.4, 0.5) is 20.4 Å². The van der Waals surface area contributed by atoms with Crippen LogP contribution in [0, 0.1) is 0 Å². The van der Waals surface area contributed by atoms with Crippen molar-refractivity contribution in [3.8, 4) is 11.3 Å². The van der Waals surface area contributed by atoms with Crippen molar-refractivity contribution in [3.05, 3.63) is 53.2 Å². The smallest absolute Gasteiger partial charge is 0.412 e. The number of rotatable bonds is 6. The van der Waals surface area contributed by atoms with Crippen LogP contribution in [0.1, 0.15) is 56.8 Å². The van der Waals surface area contributed by atoms with E-state index in [1.165, 1.54) is 11.3 Å². The maximum atomic E-state index is 13.4. The van der Waals surface area contributed by atoms with Crippen LogP contribution < -0.4 is 10.2 Å². The van der Waals surface area contributed by atoms with Gasteiger partial charge in [0.2, 0.25) is 0 Å². The Morgan fingerprint density at radius 2 is 1.70 bits per heavy atom. The van der Waals surface area contributed by atoms with Gasteiger partial charge in [-0.25, -0.2) is 14.6 Å². The minimum atomic E-state index is -0.661. The molecule has 0 atom stereocenters. The van der Waals surface area contributed by atoms with Crippen molar-refractivity contribution < 1.29 is 28.3 Å². The number of ketones is 1. The third-order valence-corrected chi connectivity index (χ3v) is 6.97. The molecular weight excluding hydrogens is 532 g/mol. The van der Waals surface area contributed by atoms with Gasteiger partial charge in [0, 0.05) is 43.9 Å². The number of hydrogen-bond acceptors (Lipinski definition) is 9. The van der Waals surface area contributed by atoms with E-state index in [0.29, 0.717) is 48.1 Å². The SMILES string of the molecule is CC(C)(C)OC(=O)Nc1ccc(-c2ccco2)cc1CC(=O)c1cnc(N2CCN(C(=O)OC(C)(C)C)CC2)s1. The van der Waals surface area contributed by atoms with Gasteiger partial charge >= 0.3 is 12.2 Å². The number of benzene rings is 1. The van der Waals surface area contributed by atoms with E-state index in [1.807, 2.05) is 39.0 Å². The number of nitrogens with one attached hydrogen (secondary N) is 1. The van der Waals surface area contributed by atoms with Crippen LogP contribution in [0.25, 0.3) is 11.3 Å². The van der Waals surface area contributed by atoms with E-state index in [-0.39, 0.29) is 18.3 Å². The molecule has 0 saturated carbocycles. The van der Waals surface area contributed by atoms with Crippen LogP contribution in [0.3, 0.4) is 0 Å². The molecule has 40 heavy (non-hydrogen) atoms. The molecule has 10 nitrogen and oxygen atoms in total. The predicted molar refractivity (Wildman–Crippen MR) is 154 cm³/mol. The first-order valence-electron chi connectivity index (χ1n) is 13.2. The highest BCUT2D eigenvalue weighted by atomic mass is 32.1. The maximum Gasteiger partial charge on any atom is 0.412 e. The number of thiazole rings is 1. The van der Waals surface area contributed by atoms with E-state index < -0.39 is 17.3 Å². The average Bonchev–Trinajstić information content (AvgIpc) is 3.56. The van der Waals surface area contributed by atoms with Crippen molar-refractivity contribution in [1.29, 1.82) is 0 Å². The van der Waals surface area contributed by atoms with E-state index in [9.17, 15) is 14.4 Å². The Hall–Kier alpha value is -3.86. The summed E-state index contributed by atoms with van der Waals surface area (Å²) < 4.78 is 16.4. The van der Waals surface area contributed by atoms with Crippen molar-refractivity contribution in [2.24, 2.45) is 0 Å². The predicted octanol–water partition coefficient (Wildman–Crippen LogP) is 6.23. The van der Waals surface area contributed by atoms with Crippen LogP contribution in [-0.2, 0) is 15.9 Å². The average molecular weight is 569 g/mol. The first-order chi connectivity index (χ1) is 18.8. The zero-order chi connectivity index (χ0) is 29.1. The van der Waals surface area contributed by atoms with Gasteiger partial charge in [0.15, 0.2) is 10.9 Å². The first-order valence-corrected chi connectivity index (χ1v) is 14.0. The van der Waals surface area contributed by atoms with Gasteiger partial charge in [0.1, 0.15) is 17.0 Å². The van der Waals surface area contributed by atoms with Gasteiger partial charge in [0.05, 0.1) is 17.3 Å². The molecule has 3 aromatic rings. The highest BCUT2D eigenvalue weighted by Crippen LogP contribution is 2.30. The van der Waals surface area contributed by atoms with E-state index in [4.69, 9.17) is 13.9 Å². The second-order valence-electron chi connectivity index (χ2n) is 11.5. The highest BCUT2D eigenvalue weighted by molar-refractivity contribution is 7.17. The summed E-state index contributed by atoms with van der Waals surface area (Å²) in [6.07, 6.45) is 2.29. The van der Waals surface area contributed by atoms with E-state index in [2.05, 4.69) is 15.2 Å². The number of carbonyl (C=O) groups excluding carboxylic acids is 3. The zero-order valence-corrected chi connectivity index (χ0v) is 24.6. The lowest BCUT2D eigenvalue weighted by molar-refractivity contribution is 0.0240. The normalized spacial score (nSPS) is 14.2. The lowest BCUT2D eigenvalue weighted by Gasteiger charge is -2.35. The van der Waals surface area contributed by atoms with E-state index in [0.717, 1.165) is 10.7 Å². The molecule has 1 aromatic carbocycles. The van der Waals surface area contributed by atoms with Crippen LogP contribution in [0.5, 0.6) is 0 Å². The van der Waals surface area contributed by atoms with Gasteiger partial charge in [-0.05, 0) is 77.4 Å². The molecule has 0 spiro atoms. The lowest BCUT2D eigenvalue weighted by atomic mass is 10.0. The fourth-order valence-electron chi connectivity index (χ4n) is 4.08. The summed E-state index contributed by atoms with van der Waals surface area (Å²) in [5, 5.41) is 3.50. The van der Waals surface area contributed by atoms with Gasteiger partial charge in [-0.1, -0.05) is 11.3 Å². The minimum absolute atomic E-state index is 0.0493. The number of furan rings is 1. The third-order valence-electron chi connectivity index (χ3n) is 5.87. The maximum absolute atomic E-state index is 13.4. The number of ether oxygens (including phenoxy) is 2. The number of aromatic nitrogens is 1. The van der Waals surface area contributed by atoms with Crippen molar-refractivity contribution in [2.45, 2.75) is 59.2 Å². The second kappa shape index (κ2) is 11.7. The Labute approximate surface area is 238 Å². The van der Waals surface area contributed by atoms with Crippen molar-refractivity contribution in [3.63, 3.8) is 0 Å². The Balaban J connectivity index is 1.45. The Morgan fingerprint density at radius 1 is 1.00 bits per heavy atom. The van der Waals surface area contributed by atoms with Gasteiger partial charge in [-0.3, -0.25) is 10.1 Å². The number of amides is 2. The van der Waals surface area contributed by atoms with Gasteiger partial charge in [-0.15, -0.1) is 0 Å². The standard InChI is InChI=1S/C29H36N4O6S/c1-28(2,3)38-26(35)31-21-10-9-19(23-8-7-15-37-23)16-20(21)17-22(34)24-18-30-25(40-24)32-11-13-33(14-12-32)27(36)39-29(4,5)6/h7-10,15-16,18H,11-14,17H2,1-6H3,(H,31,35). The summed E-state index contributed by atoms with van der Waals surface area (Å²) in [5.74, 6) is 0.531. The van der Waals surface area contributed by atoms with E-state index >= 15 is 0 Å². The molecule has 2 amide bonds. The van der Waals surface area contributed by atoms with Gasteiger partial charge < -0.3 is 23.7 Å². The van der Waals surface area contributed by atoms with Crippen molar-refractivity contribution in [1.82, 2.24) is 9.88 Å². The molecule has 0 bridgehead atoms. The Bertz CT molecular complexity index is 1350. The highest BCUT2D eigenvalue weighted by Gasteiger charge is 2.27. The molecular formula is C29H36N4O6S. The summed E-state index contributed by atoms with van der Waals surface area (Å²) in [7, 11) is 0. The second-order valence-corrected chi connectivity index (χ2v) is 12.5.